The molecule has 0 aliphatic rings. The molecule has 0 aromatic carbocycles. The van der Waals surface area contributed by atoms with Crippen molar-refractivity contribution in [1.82, 2.24) is 4.90 Å². The van der Waals surface area contributed by atoms with Crippen molar-refractivity contribution >= 4 is 9.84 Å². The lowest BCUT2D eigenvalue weighted by Gasteiger charge is -2.24. The maximum absolute atomic E-state index is 12.0. The minimum Gasteiger partial charge on any atom is -0.286 e. The highest BCUT2D eigenvalue weighted by atomic mass is 32.2. The van der Waals surface area contributed by atoms with E-state index in [-0.39, 0.29) is 0 Å². The highest BCUT2D eigenvalue weighted by molar-refractivity contribution is 7.91. The van der Waals surface area contributed by atoms with Crippen LogP contribution in [-0.2, 0) is 9.84 Å². The van der Waals surface area contributed by atoms with Gasteiger partial charge in [0, 0.05) is 6.26 Å². The number of sulfone groups is 1. The Morgan fingerprint density at radius 2 is 1.58 bits per heavy atom. The van der Waals surface area contributed by atoms with Gasteiger partial charge in [0.05, 0.1) is 0 Å². The Kier molecular flexibility index (Phi) is 3.13. The Labute approximate surface area is 69.1 Å². The van der Waals surface area contributed by atoms with Gasteiger partial charge in [-0.15, -0.1) is 0 Å². The quantitative estimate of drug-likeness (QED) is 0.658. The molecule has 1 atom stereocenters. The molecule has 0 fully saturated rings. The molecule has 0 aromatic rings. The molecular weight excluding hydrogens is 195 g/mol. The number of hydrogen-bond acceptors (Lipinski definition) is 3. The van der Waals surface area contributed by atoms with E-state index >= 15 is 0 Å². The van der Waals surface area contributed by atoms with Gasteiger partial charge in [-0.25, -0.2) is 8.42 Å². The number of halogens is 3. The first-order valence-corrected chi connectivity index (χ1v) is 4.94. The Bertz CT molecular complexity index is 244. The van der Waals surface area contributed by atoms with Gasteiger partial charge < -0.3 is 0 Å². The van der Waals surface area contributed by atoms with Crippen LogP contribution in [0, 0.1) is 0 Å². The third-order valence-electron chi connectivity index (χ3n) is 1.15. The second-order valence-corrected chi connectivity index (χ2v) is 4.79. The van der Waals surface area contributed by atoms with Crippen molar-refractivity contribution in [2.75, 3.05) is 20.4 Å². The van der Waals surface area contributed by atoms with Crippen molar-refractivity contribution < 1.29 is 21.6 Å². The molecule has 0 heterocycles. The molecule has 0 amide bonds. The number of hydrogen-bond donors (Lipinski definition) is 0. The molecule has 0 N–H and O–H groups in total. The summed E-state index contributed by atoms with van der Waals surface area (Å²) in [6.07, 6.45) is -4.18. The van der Waals surface area contributed by atoms with Gasteiger partial charge in [-0.2, -0.15) is 13.2 Å². The normalized spacial score (nSPS) is 16.6. The van der Waals surface area contributed by atoms with Crippen molar-refractivity contribution in [3.63, 3.8) is 0 Å². The molecule has 3 nitrogen and oxygen atoms in total. The molecule has 1 unspecified atom stereocenters. The summed E-state index contributed by atoms with van der Waals surface area (Å²) in [6, 6.07) is 0. The van der Waals surface area contributed by atoms with Gasteiger partial charge in [0.15, 0.2) is 9.84 Å². The number of alkyl halides is 3. The predicted molar refractivity (Wildman–Crippen MR) is 38.4 cm³/mol. The third kappa shape index (κ3) is 2.98. The summed E-state index contributed by atoms with van der Waals surface area (Å²) in [6.45, 7) is 0. The summed E-state index contributed by atoms with van der Waals surface area (Å²) >= 11 is 0. The first-order valence-electron chi connectivity index (χ1n) is 2.99. The second kappa shape index (κ2) is 3.21. The average Bonchev–Trinajstić information content (AvgIpc) is 1.49. The maximum Gasteiger partial charge on any atom is 0.418 e. The monoisotopic (exact) mass is 205 g/mol. The standard InChI is InChI=1S/C5H10F3NO2S/c1-9(2)4(5(6,7)8)12(3,10)11/h4H,1-3H3. The molecule has 0 aliphatic heterocycles. The molecule has 0 aromatic heterocycles. The van der Waals surface area contributed by atoms with E-state index in [4.69, 9.17) is 0 Å². The smallest absolute Gasteiger partial charge is 0.286 e. The number of nitrogens with zero attached hydrogens (tertiary/aromatic N) is 1. The zero-order valence-corrected chi connectivity index (χ0v) is 7.70. The van der Waals surface area contributed by atoms with Crippen molar-refractivity contribution in [2.24, 2.45) is 0 Å². The van der Waals surface area contributed by atoms with Crippen LogP contribution in [0.25, 0.3) is 0 Å². The van der Waals surface area contributed by atoms with Crippen LogP contribution < -0.4 is 0 Å². The van der Waals surface area contributed by atoms with Crippen LogP contribution in [-0.4, -0.2) is 45.2 Å². The lowest BCUT2D eigenvalue weighted by atomic mass is 10.6. The Balaban J connectivity index is 4.97. The van der Waals surface area contributed by atoms with Crippen LogP contribution in [0.4, 0.5) is 13.2 Å². The number of rotatable bonds is 2. The van der Waals surface area contributed by atoms with E-state index in [0.29, 0.717) is 11.2 Å². The van der Waals surface area contributed by atoms with E-state index in [0.717, 1.165) is 14.1 Å². The fraction of sp³-hybridized carbons (Fsp3) is 1.00. The van der Waals surface area contributed by atoms with Crippen molar-refractivity contribution in [1.29, 1.82) is 0 Å². The Morgan fingerprint density at radius 3 is 1.58 bits per heavy atom. The molecule has 0 saturated heterocycles. The van der Waals surface area contributed by atoms with Crippen LogP contribution in [0.15, 0.2) is 0 Å². The van der Waals surface area contributed by atoms with Gasteiger partial charge in [0.25, 0.3) is 0 Å². The summed E-state index contributed by atoms with van der Waals surface area (Å²) in [5, 5.41) is -2.41. The third-order valence-corrected chi connectivity index (χ3v) is 2.65. The molecule has 0 bridgehead atoms. The van der Waals surface area contributed by atoms with Crippen LogP contribution >= 0.6 is 0 Å². The SMILES string of the molecule is CN(C)C(C(F)(F)F)S(C)(=O)=O. The Morgan fingerprint density at radius 1 is 1.25 bits per heavy atom. The molecule has 0 saturated carbocycles. The molecular formula is C5H10F3NO2S. The zero-order valence-electron chi connectivity index (χ0n) is 6.88. The highest BCUT2D eigenvalue weighted by Gasteiger charge is 2.48. The summed E-state index contributed by atoms with van der Waals surface area (Å²) in [7, 11) is -1.98. The van der Waals surface area contributed by atoms with E-state index < -0.39 is 21.4 Å². The maximum atomic E-state index is 12.0. The Hall–Kier alpha value is -0.300. The van der Waals surface area contributed by atoms with Crippen molar-refractivity contribution in [2.45, 2.75) is 11.6 Å². The minimum atomic E-state index is -4.74. The summed E-state index contributed by atoms with van der Waals surface area (Å²) in [4.78, 5) is 0.620. The van der Waals surface area contributed by atoms with Crippen LogP contribution in [0.1, 0.15) is 0 Å². The molecule has 7 heteroatoms. The molecule has 74 valence electrons. The molecule has 0 rings (SSSR count). The first-order chi connectivity index (χ1) is 5.07. The van der Waals surface area contributed by atoms with Crippen LogP contribution in [0.2, 0.25) is 0 Å². The summed E-state index contributed by atoms with van der Waals surface area (Å²) in [5.74, 6) is 0. The lowest BCUT2D eigenvalue weighted by Crippen LogP contribution is -2.46. The van der Waals surface area contributed by atoms with E-state index in [1.165, 1.54) is 0 Å². The topological polar surface area (TPSA) is 37.4 Å². The average molecular weight is 205 g/mol. The summed E-state index contributed by atoms with van der Waals surface area (Å²) < 4.78 is 57.5. The van der Waals surface area contributed by atoms with Crippen molar-refractivity contribution in [3.05, 3.63) is 0 Å². The largest absolute Gasteiger partial charge is 0.418 e. The first kappa shape index (κ1) is 11.7. The lowest BCUT2D eigenvalue weighted by molar-refractivity contribution is -0.153. The van der Waals surface area contributed by atoms with Gasteiger partial charge in [0.2, 0.25) is 5.37 Å². The fourth-order valence-electron chi connectivity index (χ4n) is 0.918. The van der Waals surface area contributed by atoms with Gasteiger partial charge in [0.1, 0.15) is 0 Å². The van der Waals surface area contributed by atoms with Crippen LogP contribution in [0.3, 0.4) is 0 Å². The van der Waals surface area contributed by atoms with Gasteiger partial charge >= 0.3 is 6.18 Å². The highest BCUT2D eigenvalue weighted by Crippen LogP contribution is 2.26. The predicted octanol–water partition coefficient (Wildman–Crippen LogP) is 0.481. The van der Waals surface area contributed by atoms with Gasteiger partial charge in [-0.3, -0.25) is 4.90 Å². The van der Waals surface area contributed by atoms with E-state index in [9.17, 15) is 21.6 Å². The zero-order chi connectivity index (χ0) is 10.2. The summed E-state index contributed by atoms with van der Waals surface area (Å²) in [5.41, 5.74) is 0. The fourth-order valence-corrected chi connectivity index (χ4v) is 2.17. The molecule has 12 heavy (non-hydrogen) atoms. The molecule has 0 spiro atoms. The van der Waals surface area contributed by atoms with Gasteiger partial charge in [-0.1, -0.05) is 0 Å². The van der Waals surface area contributed by atoms with E-state index in [1.54, 1.807) is 0 Å². The van der Waals surface area contributed by atoms with E-state index in [1.807, 2.05) is 0 Å². The second-order valence-electron chi connectivity index (χ2n) is 2.69. The van der Waals surface area contributed by atoms with Crippen molar-refractivity contribution in [3.8, 4) is 0 Å². The minimum absolute atomic E-state index is 0.561. The van der Waals surface area contributed by atoms with E-state index in [2.05, 4.69) is 0 Å². The van der Waals surface area contributed by atoms with Gasteiger partial charge in [-0.05, 0) is 14.1 Å². The van der Waals surface area contributed by atoms with Crippen LogP contribution in [0.5, 0.6) is 0 Å². The molecule has 0 radical (unpaired) electrons. The molecule has 0 aliphatic carbocycles.